The van der Waals surface area contributed by atoms with Gasteiger partial charge in [0.15, 0.2) is 0 Å². The van der Waals surface area contributed by atoms with Crippen LogP contribution in [-0.4, -0.2) is 0 Å². The van der Waals surface area contributed by atoms with Crippen LogP contribution in [0.25, 0.3) is 11.1 Å². The molecule has 0 aliphatic heterocycles. The molecular formula is C28H26BrN. The summed E-state index contributed by atoms with van der Waals surface area (Å²) in [6, 6.07) is 36.6. The summed E-state index contributed by atoms with van der Waals surface area (Å²) >= 11 is 3.54. The molecule has 0 saturated carbocycles. The first kappa shape index (κ1) is 20.4. The maximum absolute atomic E-state index is 3.54. The summed E-state index contributed by atoms with van der Waals surface area (Å²) in [5.74, 6) is 0. The molecule has 1 nitrogen and oxygen atoms in total. The highest BCUT2D eigenvalue weighted by molar-refractivity contribution is 9.10. The minimum Gasteiger partial charge on any atom is -0.311 e. The van der Waals surface area contributed by atoms with E-state index in [1.54, 1.807) is 0 Å². The standard InChI is InChI=1S/C28H26BrN/c1-28(2,3)23-13-9-21(10-14-23)22-11-17-26(18-12-22)30(25-7-5-4-6-8-25)27-19-15-24(29)16-20-27/h4-20H,1-3H3. The summed E-state index contributed by atoms with van der Waals surface area (Å²) in [7, 11) is 0. The highest BCUT2D eigenvalue weighted by Crippen LogP contribution is 2.36. The topological polar surface area (TPSA) is 3.24 Å². The van der Waals surface area contributed by atoms with Gasteiger partial charge in [-0.05, 0) is 70.6 Å². The Labute approximate surface area is 188 Å². The lowest BCUT2D eigenvalue weighted by Gasteiger charge is -2.25. The predicted octanol–water partition coefficient (Wildman–Crippen LogP) is 8.88. The van der Waals surface area contributed by atoms with Crippen LogP contribution < -0.4 is 4.90 Å². The van der Waals surface area contributed by atoms with Gasteiger partial charge in [0.2, 0.25) is 0 Å². The Balaban J connectivity index is 1.68. The van der Waals surface area contributed by atoms with Gasteiger partial charge in [-0.1, -0.05) is 91.3 Å². The molecule has 30 heavy (non-hydrogen) atoms. The van der Waals surface area contributed by atoms with Crippen LogP contribution in [0.4, 0.5) is 17.1 Å². The molecule has 0 aliphatic carbocycles. The maximum Gasteiger partial charge on any atom is 0.0462 e. The molecule has 4 aromatic carbocycles. The van der Waals surface area contributed by atoms with Crippen molar-refractivity contribution in [3.05, 3.63) is 113 Å². The Hall–Kier alpha value is -2.84. The van der Waals surface area contributed by atoms with Gasteiger partial charge in [0, 0.05) is 21.5 Å². The molecule has 0 atom stereocenters. The van der Waals surface area contributed by atoms with E-state index in [1.807, 2.05) is 6.07 Å². The highest BCUT2D eigenvalue weighted by Gasteiger charge is 2.14. The van der Waals surface area contributed by atoms with Crippen molar-refractivity contribution in [2.24, 2.45) is 0 Å². The minimum atomic E-state index is 0.170. The third-order valence-corrected chi connectivity index (χ3v) is 5.84. The number of rotatable bonds is 4. The van der Waals surface area contributed by atoms with E-state index in [0.29, 0.717) is 0 Å². The molecule has 0 heterocycles. The average molecular weight is 456 g/mol. The van der Waals surface area contributed by atoms with Gasteiger partial charge in [0.25, 0.3) is 0 Å². The summed E-state index contributed by atoms with van der Waals surface area (Å²) in [6.07, 6.45) is 0. The lowest BCUT2D eigenvalue weighted by molar-refractivity contribution is 0.590. The van der Waals surface area contributed by atoms with Gasteiger partial charge in [-0.15, -0.1) is 0 Å². The van der Waals surface area contributed by atoms with Crippen molar-refractivity contribution >= 4 is 33.0 Å². The first-order valence-electron chi connectivity index (χ1n) is 10.2. The zero-order chi connectivity index (χ0) is 21.1. The molecule has 0 N–H and O–H groups in total. The van der Waals surface area contributed by atoms with Crippen molar-refractivity contribution in [2.45, 2.75) is 26.2 Å². The Morgan fingerprint density at radius 2 is 0.967 bits per heavy atom. The smallest absolute Gasteiger partial charge is 0.0462 e. The number of anilines is 3. The molecular weight excluding hydrogens is 430 g/mol. The molecule has 0 aromatic heterocycles. The van der Waals surface area contributed by atoms with Crippen molar-refractivity contribution in [2.75, 3.05) is 4.90 Å². The van der Waals surface area contributed by atoms with Crippen molar-refractivity contribution in [1.29, 1.82) is 0 Å². The number of para-hydroxylation sites is 1. The van der Waals surface area contributed by atoms with Crippen LogP contribution in [0.3, 0.4) is 0 Å². The summed E-state index contributed by atoms with van der Waals surface area (Å²) in [5, 5.41) is 0. The molecule has 0 unspecified atom stereocenters. The monoisotopic (exact) mass is 455 g/mol. The van der Waals surface area contributed by atoms with E-state index in [-0.39, 0.29) is 5.41 Å². The second-order valence-electron chi connectivity index (χ2n) is 8.52. The van der Waals surface area contributed by atoms with Crippen LogP contribution in [0.1, 0.15) is 26.3 Å². The number of hydrogen-bond acceptors (Lipinski definition) is 1. The summed E-state index contributed by atoms with van der Waals surface area (Å²) in [4.78, 5) is 2.28. The highest BCUT2D eigenvalue weighted by atomic mass is 79.9. The van der Waals surface area contributed by atoms with E-state index < -0.39 is 0 Å². The fourth-order valence-electron chi connectivity index (χ4n) is 3.58. The van der Waals surface area contributed by atoms with Crippen LogP contribution in [0, 0.1) is 0 Å². The van der Waals surface area contributed by atoms with Gasteiger partial charge in [-0.25, -0.2) is 0 Å². The first-order valence-corrected chi connectivity index (χ1v) is 11.0. The molecule has 4 aromatic rings. The molecule has 0 spiro atoms. The van der Waals surface area contributed by atoms with E-state index >= 15 is 0 Å². The molecule has 150 valence electrons. The van der Waals surface area contributed by atoms with Gasteiger partial charge in [-0.3, -0.25) is 0 Å². The third kappa shape index (κ3) is 4.49. The van der Waals surface area contributed by atoms with E-state index in [4.69, 9.17) is 0 Å². The first-order chi connectivity index (χ1) is 14.4. The van der Waals surface area contributed by atoms with Crippen molar-refractivity contribution in [3.8, 4) is 11.1 Å². The largest absolute Gasteiger partial charge is 0.311 e. The lowest BCUT2D eigenvalue weighted by atomic mass is 9.86. The Kier molecular flexibility index (Phi) is 5.78. The zero-order valence-corrected chi connectivity index (χ0v) is 19.2. The molecule has 4 rings (SSSR count). The minimum absolute atomic E-state index is 0.170. The van der Waals surface area contributed by atoms with Crippen LogP contribution in [0.5, 0.6) is 0 Å². The maximum atomic E-state index is 3.54. The number of benzene rings is 4. The quantitative estimate of drug-likeness (QED) is 0.296. The van der Waals surface area contributed by atoms with E-state index in [0.717, 1.165) is 21.5 Å². The summed E-state index contributed by atoms with van der Waals surface area (Å²) in [5.41, 5.74) is 7.40. The molecule has 0 saturated heterocycles. The van der Waals surface area contributed by atoms with Crippen LogP contribution >= 0.6 is 15.9 Å². The molecule has 0 amide bonds. The van der Waals surface area contributed by atoms with Crippen LogP contribution in [0.2, 0.25) is 0 Å². The summed E-state index contributed by atoms with van der Waals surface area (Å²) in [6.45, 7) is 6.74. The van der Waals surface area contributed by atoms with Crippen molar-refractivity contribution in [1.82, 2.24) is 0 Å². The van der Waals surface area contributed by atoms with Crippen LogP contribution in [-0.2, 0) is 5.41 Å². The van der Waals surface area contributed by atoms with E-state index in [1.165, 1.54) is 16.7 Å². The second-order valence-corrected chi connectivity index (χ2v) is 9.44. The SMILES string of the molecule is CC(C)(C)c1ccc(-c2ccc(N(c3ccccc3)c3ccc(Br)cc3)cc2)cc1. The predicted molar refractivity (Wildman–Crippen MR) is 133 cm³/mol. The molecule has 2 heteroatoms. The fourth-order valence-corrected chi connectivity index (χ4v) is 3.84. The van der Waals surface area contributed by atoms with Gasteiger partial charge in [-0.2, -0.15) is 0 Å². The van der Waals surface area contributed by atoms with E-state index in [9.17, 15) is 0 Å². The molecule has 0 radical (unpaired) electrons. The van der Waals surface area contributed by atoms with Gasteiger partial charge >= 0.3 is 0 Å². The summed E-state index contributed by atoms with van der Waals surface area (Å²) < 4.78 is 1.08. The molecule has 0 aliphatic rings. The number of hydrogen-bond donors (Lipinski definition) is 0. The Morgan fingerprint density at radius 1 is 0.533 bits per heavy atom. The normalized spacial score (nSPS) is 11.3. The average Bonchev–Trinajstić information content (AvgIpc) is 2.76. The zero-order valence-electron chi connectivity index (χ0n) is 17.6. The lowest BCUT2D eigenvalue weighted by Crippen LogP contribution is -2.10. The van der Waals surface area contributed by atoms with Crippen molar-refractivity contribution < 1.29 is 0 Å². The number of nitrogens with zero attached hydrogens (tertiary/aromatic N) is 1. The molecule has 0 bridgehead atoms. The second kappa shape index (κ2) is 8.49. The number of halogens is 1. The third-order valence-electron chi connectivity index (χ3n) is 5.31. The van der Waals surface area contributed by atoms with Crippen molar-refractivity contribution in [3.63, 3.8) is 0 Å². The van der Waals surface area contributed by atoms with E-state index in [2.05, 4.69) is 139 Å². The van der Waals surface area contributed by atoms with Gasteiger partial charge in [0.1, 0.15) is 0 Å². The fraction of sp³-hybridized carbons (Fsp3) is 0.143. The Bertz CT molecular complexity index is 1090. The van der Waals surface area contributed by atoms with Gasteiger partial charge in [0.05, 0.1) is 0 Å². The van der Waals surface area contributed by atoms with Crippen LogP contribution in [0.15, 0.2) is 108 Å². The van der Waals surface area contributed by atoms with Gasteiger partial charge < -0.3 is 4.90 Å². The Morgan fingerprint density at radius 3 is 1.47 bits per heavy atom. The molecule has 0 fully saturated rings.